The van der Waals surface area contributed by atoms with E-state index in [1.165, 1.54) is 15.6 Å². The first-order chi connectivity index (χ1) is 24.7. The topological polar surface area (TPSA) is 185 Å². The molecular formula is C35H46N8O8. The molecule has 6 amide bonds. The normalized spacial score (nSPS) is 19.5. The number of rotatable bonds is 13. The van der Waals surface area contributed by atoms with Crippen LogP contribution in [0, 0.1) is 5.92 Å². The van der Waals surface area contributed by atoms with E-state index in [1.54, 1.807) is 41.0 Å². The van der Waals surface area contributed by atoms with Crippen LogP contribution in [-0.2, 0) is 23.9 Å². The van der Waals surface area contributed by atoms with Gasteiger partial charge in [-0.1, -0.05) is 18.2 Å². The first kappa shape index (κ1) is 35.7. The van der Waals surface area contributed by atoms with Crippen LogP contribution in [0.1, 0.15) is 62.4 Å². The fraction of sp³-hybridized carbons (Fsp3) is 0.571. The molecule has 1 aromatic heterocycles. The Morgan fingerprint density at radius 3 is 2.27 bits per heavy atom. The number of piperazine rings is 1. The van der Waals surface area contributed by atoms with Gasteiger partial charge in [0.2, 0.25) is 23.6 Å². The molecule has 0 unspecified atom stereocenters. The smallest absolute Gasteiger partial charge is 0.409 e. The average molecular weight is 707 g/mol. The highest BCUT2D eigenvalue weighted by atomic mass is 16.6. The zero-order valence-electron chi connectivity index (χ0n) is 28.9. The van der Waals surface area contributed by atoms with Crippen LogP contribution in [-0.4, -0.2) is 131 Å². The highest BCUT2D eigenvalue weighted by Crippen LogP contribution is 2.29. The summed E-state index contributed by atoms with van der Waals surface area (Å²) in [7, 11) is 0. The molecular weight excluding hydrogens is 660 g/mol. The Morgan fingerprint density at radius 2 is 1.61 bits per heavy atom. The van der Waals surface area contributed by atoms with E-state index in [4.69, 9.17) is 9.47 Å². The molecule has 0 bridgehead atoms. The number of likely N-dealkylation sites (tertiary alicyclic amines) is 1. The third kappa shape index (κ3) is 8.78. The standard InChI is InChI=1S/C35H46N8O8/c1-2-50-35(49)41-18-16-40(17-19-41)34(48)27(21-36-31(45)23-13-14-23)38-32(46)26-20-30(43(39-26)25-10-4-3-5-11-25)51-22-29(44)42-15-7-12-28(42)33(47)37-24-8-6-9-24/h3-5,10-11,20,23-24,27-28H,2,6-9,12-19,21-22H2,1H3,(H,36,45)(H,37,47)(H,38,46)/t27-,28-/m0/s1. The monoisotopic (exact) mass is 706 g/mol. The Bertz CT molecular complexity index is 1600. The number of para-hydroxylation sites is 1. The van der Waals surface area contributed by atoms with E-state index in [0.29, 0.717) is 25.1 Å². The second-order valence-corrected chi connectivity index (χ2v) is 13.3. The molecule has 2 saturated carbocycles. The van der Waals surface area contributed by atoms with Crippen molar-refractivity contribution in [3.8, 4) is 11.6 Å². The molecule has 2 aliphatic heterocycles. The molecule has 16 heteroatoms. The van der Waals surface area contributed by atoms with Gasteiger partial charge >= 0.3 is 6.09 Å². The Labute approximate surface area is 296 Å². The van der Waals surface area contributed by atoms with E-state index in [9.17, 15) is 28.8 Å². The van der Waals surface area contributed by atoms with Crippen molar-refractivity contribution in [1.29, 1.82) is 0 Å². The zero-order valence-corrected chi connectivity index (χ0v) is 28.9. The molecule has 3 N–H and O–H groups in total. The summed E-state index contributed by atoms with van der Waals surface area (Å²) in [6.45, 7) is 2.91. The fourth-order valence-corrected chi connectivity index (χ4v) is 6.41. The second kappa shape index (κ2) is 16.2. The fourth-order valence-electron chi connectivity index (χ4n) is 6.41. The van der Waals surface area contributed by atoms with Crippen LogP contribution in [0.3, 0.4) is 0 Å². The first-order valence-electron chi connectivity index (χ1n) is 17.9. The number of amides is 6. The largest absolute Gasteiger partial charge is 0.467 e. The van der Waals surface area contributed by atoms with Crippen molar-refractivity contribution in [2.24, 2.45) is 5.92 Å². The number of nitrogens with one attached hydrogen (secondary N) is 3. The maximum absolute atomic E-state index is 13.7. The highest BCUT2D eigenvalue weighted by Gasteiger charge is 2.37. The molecule has 4 aliphatic rings. The van der Waals surface area contributed by atoms with Gasteiger partial charge < -0.3 is 40.1 Å². The van der Waals surface area contributed by atoms with Gasteiger partial charge in [-0.15, -0.1) is 0 Å². The van der Waals surface area contributed by atoms with Crippen molar-refractivity contribution in [3.63, 3.8) is 0 Å². The minimum Gasteiger partial charge on any atom is -0.467 e. The van der Waals surface area contributed by atoms with Gasteiger partial charge in [0.05, 0.1) is 12.3 Å². The Hall–Kier alpha value is -5.15. The molecule has 2 aromatic rings. The minimum absolute atomic E-state index is 0.0707. The van der Waals surface area contributed by atoms with Gasteiger partial charge in [-0.05, 0) is 64.0 Å². The zero-order chi connectivity index (χ0) is 35.9. The molecule has 3 heterocycles. The van der Waals surface area contributed by atoms with Crippen molar-refractivity contribution in [3.05, 3.63) is 42.1 Å². The average Bonchev–Trinajstić information content (AvgIpc) is 3.70. The maximum Gasteiger partial charge on any atom is 0.409 e. The van der Waals surface area contributed by atoms with Gasteiger partial charge in [-0.2, -0.15) is 5.10 Å². The Balaban J connectivity index is 1.14. The molecule has 51 heavy (non-hydrogen) atoms. The second-order valence-electron chi connectivity index (χ2n) is 13.3. The Kier molecular flexibility index (Phi) is 11.4. The third-order valence-electron chi connectivity index (χ3n) is 9.73. The van der Waals surface area contributed by atoms with Crippen molar-refractivity contribution in [2.45, 2.75) is 70.0 Å². The molecule has 6 rings (SSSR count). The summed E-state index contributed by atoms with van der Waals surface area (Å²) in [5.74, 6) is -1.74. The van der Waals surface area contributed by atoms with E-state index >= 15 is 0 Å². The molecule has 16 nitrogen and oxygen atoms in total. The Morgan fingerprint density at radius 1 is 0.882 bits per heavy atom. The molecule has 1 aromatic carbocycles. The molecule has 0 spiro atoms. The van der Waals surface area contributed by atoms with Gasteiger partial charge in [0.1, 0.15) is 12.1 Å². The van der Waals surface area contributed by atoms with Gasteiger partial charge in [-0.3, -0.25) is 24.0 Å². The van der Waals surface area contributed by atoms with Crippen LogP contribution in [0.5, 0.6) is 5.88 Å². The van der Waals surface area contributed by atoms with Crippen molar-refractivity contribution >= 4 is 35.6 Å². The highest BCUT2D eigenvalue weighted by molar-refractivity contribution is 5.97. The lowest BCUT2D eigenvalue weighted by Gasteiger charge is -2.36. The lowest BCUT2D eigenvalue weighted by atomic mass is 9.93. The van der Waals surface area contributed by atoms with Crippen LogP contribution in [0.15, 0.2) is 36.4 Å². The van der Waals surface area contributed by atoms with Crippen molar-refractivity contribution < 1.29 is 38.2 Å². The van der Waals surface area contributed by atoms with E-state index < -0.39 is 30.0 Å². The molecule has 274 valence electrons. The third-order valence-corrected chi connectivity index (χ3v) is 9.73. The number of aromatic nitrogens is 2. The molecule has 2 atom stereocenters. The maximum atomic E-state index is 13.7. The summed E-state index contributed by atoms with van der Waals surface area (Å²) in [6, 6.07) is 8.84. The molecule has 0 radical (unpaired) electrons. The van der Waals surface area contributed by atoms with Crippen molar-refractivity contribution in [1.82, 2.24) is 40.4 Å². The van der Waals surface area contributed by atoms with Gasteiger partial charge in [-0.25, -0.2) is 9.48 Å². The number of hydrogen-bond donors (Lipinski definition) is 3. The SMILES string of the molecule is CCOC(=O)N1CCN(C(=O)[C@H](CNC(=O)C2CC2)NC(=O)c2cc(OCC(=O)N3CCC[C@H]3C(=O)NC3CCC3)n(-c3ccccc3)n2)CC1. The molecule has 2 aliphatic carbocycles. The summed E-state index contributed by atoms with van der Waals surface area (Å²) in [4.78, 5) is 83.0. The van der Waals surface area contributed by atoms with E-state index in [-0.39, 0.29) is 87.2 Å². The summed E-state index contributed by atoms with van der Waals surface area (Å²) < 4.78 is 12.4. The van der Waals surface area contributed by atoms with Gasteiger partial charge in [0.15, 0.2) is 12.3 Å². The summed E-state index contributed by atoms with van der Waals surface area (Å²) in [5.41, 5.74) is 0.500. The number of benzene rings is 1. The van der Waals surface area contributed by atoms with E-state index in [0.717, 1.165) is 32.1 Å². The predicted molar refractivity (Wildman–Crippen MR) is 182 cm³/mol. The molecule has 4 fully saturated rings. The number of hydrogen-bond acceptors (Lipinski definition) is 9. The lowest BCUT2D eigenvalue weighted by Crippen LogP contribution is -2.58. The van der Waals surface area contributed by atoms with Crippen LogP contribution < -0.4 is 20.7 Å². The molecule has 2 saturated heterocycles. The van der Waals surface area contributed by atoms with Gasteiger partial charge in [0, 0.05) is 57.3 Å². The first-order valence-corrected chi connectivity index (χ1v) is 17.9. The quantitative estimate of drug-likeness (QED) is 0.272. The van der Waals surface area contributed by atoms with Crippen LogP contribution >= 0.6 is 0 Å². The van der Waals surface area contributed by atoms with Crippen LogP contribution in [0.25, 0.3) is 5.69 Å². The summed E-state index contributed by atoms with van der Waals surface area (Å²) in [5, 5.41) is 13.0. The summed E-state index contributed by atoms with van der Waals surface area (Å²) >= 11 is 0. The summed E-state index contributed by atoms with van der Waals surface area (Å²) in [6.07, 6.45) is 5.39. The lowest BCUT2D eigenvalue weighted by molar-refractivity contribution is -0.140. The van der Waals surface area contributed by atoms with Crippen LogP contribution in [0.4, 0.5) is 4.79 Å². The van der Waals surface area contributed by atoms with E-state index in [1.807, 2.05) is 6.07 Å². The predicted octanol–water partition coefficient (Wildman–Crippen LogP) is 0.836. The van der Waals surface area contributed by atoms with E-state index in [2.05, 4.69) is 21.0 Å². The number of carbonyl (C=O) groups is 6. The number of nitrogens with zero attached hydrogens (tertiary/aromatic N) is 5. The minimum atomic E-state index is -1.11. The van der Waals surface area contributed by atoms with Crippen molar-refractivity contribution in [2.75, 3.05) is 52.5 Å². The van der Waals surface area contributed by atoms with Crippen LogP contribution in [0.2, 0.25) is 0 Å². The number of carbonyl (C=O) groups excluding carboxylic acids is 6. The number of ether oxygens (including phenoxy) is 2. The van der Waals surface area contributed by atoms with Gasteiger partial charge in [0.25, 0.3) is 11.8 Å².